The van der Waals surface area contributed by atoms with Gasteiger partial charge in [-0.2, -0.15) is 0 Å². The fraction of sp³-hybridized carbons (Fsp3) is 0.150. The number of benzene rings is 2. The van der Waals surface area contributed by atoms with Gasteiger partial charge in [-0.3, -0.25) is 14.2 Å². The lowest BCUT2D eigenvalue weighted by Crippen LogP contribution is -2.39. The molecular weight excluding hydrogens is 366 g/mol. The number of rotatable bonds is 4. The quantitative estimate of drug-likeness (QED) is 0.726. The van der Waals surface area contributed by atoms with Gasteiger partial charge in [0.05, 0.1) is 6.54 Å². The molecule has 0 unspecified atom stereocenters. The van der Waals surface area contributed by atoms with E-state index in [1.165, 1.54) is 0 Å². The summed E-state index contributed by atoms with van der Waals surface area (Å²) in [5.74, 6) is -0.590. The number of nitrogens with zero attached hydrogens (tertiary/aromatic N) is 1. The van der Waals surface area contributed by atoms with Crippen molar-refractivity contribution in [3.63, 3.8) is 0 Å². The lowest BCUT2D eigenvalue weighted by molar-refractivity contribution is 0.102. The first kappa shape index (κ1) is 18.7. The second-order valence-electron chi connectivity index (χ2n) is 6.24. The number of carbonyl (C=O) groups is 1. The van der Waals surface area contributed by atoms with Crippen molar-refractivity contribution >= 4 is 23.2 Å². The average Bonchev–Trinajstić information content (AvgIpc) is 2.63. The third kappa shape index (κ3) is 4.01. The Hall–Kier alpha value is -3.12. The molecule has 0 aliphatic carbocycles. The van der Waals surface area contributed by atoms with Gasteiger partial charge in [0.15, 0.2) is 0 Å². The van der Waals surface area contributed by atoms with Gasteiger partial charge in [0.2, 0.25) is 0 Å². The molecule has 3 rings (SSSR count). The maximum atomic E-state index is 12.7. The zero-order valence-electron chi connectivity index (χ0n) is 14.9. The molecule has 7 heteroatoms. The molecule has 0 aliphatic heterocycles. The summed E-state index contributed by atoms with van der Waals surface area (Å²) in [6.07, 6.45) is 1.13. The van der Waals surface area contributed by atoms with E-state index in [1.807, 2.05) is 26.0 Å². The van der Waals surface area contributed by atoms with E-state index in [9.17, 15) is 14.4 Å². The molecule has 3 aromatic rings. The molecule has 0 bridgehead atoms. The molecule has 27 heavy (non-hydrogen) atoms. The monoisotopic (exact) mass is 383 g/mol. The molecule has 0 aliphatic rings. The number of anilines is 1. The molecule has 2 N–H and O–H groups in total. The summed E-state index contributed by atoms with van der Waals surface area (Å²) in [4.78, 5) is 39.8. The Kier molecular flexibility index (Phi) is 5.28. The van der Waals surface area contributed by atoms with E-state index in [2.05, 4.69) is 10.3 Å². The van der Waals surface area contributed by atoms with Crippen molar-refractivity contribution in [1.82, 2.24) is 9.55 Å². The van der Waals surface area contributed by atoms with Crippen LogP contribution in [0.3, 0.4) is 0 Å². The largest absolute Gasteiger partial charge is 0.328 e. The maximum Gasteiger partial charge on any atom is 0.328 e. The minimum absolute atomic E-state index is 0.0292. The molecule has 0 saturated heterocycles. The van der Waals surface area contributed by atoms with Crippen molar-refractivity contribution in [1.29, 1.82) is 0 Å². The van der Waals surface area contributed by atoms with Gasteiger partial charge in [-0.15, -0.1) is 0 Å². The molecule has 0 atom stereocenters. The number of aryl methyl sites for hydroxylation is 2. The van der Waals surface area contributed by atoms with Crippen LogP contribution in [0.5, 0.6) is 0 Å². The van der Waals surface area contributed by atoms with Gasteiger partial charge in [0, 0.05) is 16.9 Å². The van der Waals surface area contributed by atoms with Crippen molar-refractivity contribution in [2.45, 2.75) is 20.4 Å². The van der Waals surface area contributed by atoms with Crippen LogP contribution >= 0.6 is 11.6 Å². The number of halogens is 1. The molecule has 6 nitrogen and oxygen atoms in total. The van der Waals surface area contributed by atoms with Crippen LogP contribution in [0, 0.1) is 13.8 Å². The second kappa shape index (κ2) is 7.63. The van der Waals surface area contributed by atoms with Gasteiger partial charge in [0.1, 0.15) is 5.56 Å². The molecule has 1 heterocycles. The molecule has 2 aromatic carbocycles. The van der Waals surface area contributed by atoms with E-state index in [0.717, 1.165) is 21.9 Å². The van der Waals surface area contributed by atoms with Gasteiger partial charge >= 0.3 is 5.69 Å². The fourth-order valence-electron chi connectivity index (χ4n) is 2.63. The van der Waals surface area contributed by atoms with Crippen LogP contribution in [0.2, 0.25) is 5.02 Å². The first-order valence-corrected chi connectivity index (χ1v) is 8.69. The highest BCUT2D eigenvalue weighted by molar-refractivity contribution is 6.31. The van der Waals surface area contributed by atoms with E-state index in [1.54, 1.807) is 30.3 Å². The van der Waals surface area contributed by atoms with Crippen molar-refractivity contribution in [2.24, 2.45) is 0 Å². The van der Waals surface area contributed by atoms with Crippen LogP contribution in [-0.2, 0) is 6.54 Å². The van der Waals surface area contributed by atoms with Crippen molar-refractivity contribution in [3.05, 3.63) is 96.8 Å². The van der Waals surface area contributed by atoms with Gasteiger partial charge in [-0.1, -0.05) is 35.9 Å². The molecule has 0 radical (unpaired) electrons. The molecule has 0 fully saturated rings. The van der Waals surface area contributed by atoms with Crippen LogP contribution in [0.1, 0.15) is 27.0 Å². The highest BCUT2D eigenvalue weighted by atomic mass is 35.5. The van der Waals surface area contributed by atoms with Gasteiger partial charge < -0.3 is 10.3 Å². The minimum atomic E-state index is -0.681. The predicted octanol–water partition coefficient (Wildman–Crippen LogP) is 3.11. The SMILES string of the molecule is Cc1ccc(NC(=O)c2c[nH]c(=O)n(Cc3ccccc3Cl)c2=O)cc1C. The van der Waals surface area contributed by atoms with E-state index < -0.39 is 17.2 Å². The Morgan fingerprint density at radius 3 is 2.56 bits per heavy atom. The Labute approximate surface area is 160 Å². The smallest absolute Gasteiger partial charge is 0.322 e. The Bertz CT molecular complexity index is 1130. The number of hydrogen-bond acceptors (Lipinski definition) is 3. The summed E-state index contributed by atoms with van der Waals surface area (Å²) < 4.78 is 0.955. The van der Waals surface area contributed by atoms with Crippen molar-refractivity contribution in [2.75, 3.05) is 5.32 Å². The van der Waals surface area contributed by atoms with Crippen molar-refractivity contribution in [3.8, 4) is 0 Å². The van der Waals surface area contributed by atoms with Gasteiger partial charge in [-0.05, 0) is 48.7 Å². The molecule has 1 amide bonds. The highest BCUT2D eigenvalue weighted by Gasteiger charge is 2.16. The first-order valence-electron chi connectivity index (χ1n) is 8.31. The van der Waals surface area contributed by atoms with Crippen LogP contribution in [0.4, 0.5) is 5.69 Å². The molecule has 0 spiro atoms. The Morgan fingerprint density at radius 1 is 1.11 bits per heavy atom. The lowest BCUT2D eigenvalue weighted by atomic mass is 10.1. The zero-order chi connectivity index (χ0) is 19.6. The van der Waals surface area contributed by atoms with E-state index >= 15 is 0 Å². The third-order valence-corrected chi connectivity index (χ3v) is 4.73. The zero-order valence-corrected chi connectivity index (χ0v) is 15.6. The van der Waals surface area contributed by atoms with Crippen LogP contribution in [-0.4, -0.2) is 15.5 Å². The second-order valence-corrected chi connectivity index (χ2v) is 6.65. The van der Waals surface area contributed by atoms with E-state index in [4.69, 9.17) is 11.6 Å². The molecule has 0 saturated carbocycles. The van der Waals surface area contributed by atoms with E-state index in [-0.39, 0.29) is 12.1 Å². The van der Waals surface area contributed by atoms with Crippen LogP contribution < -0.4 is 16.6 Å². The summed E-state index contributed by atoms with van der Waals surface area (Å²) >= 11 is 6.11. The lowest BCUT2D eigenvalue weighted by Gasteiger charge is -2.10. The third-order valence-electron chi connectivity index (χ3n) is 4.36. The number of H-pyrrole nitrogens is 1. The number of aromatic amines is 1. The topological polar surface area (TPSA) is 84.0 Å². The minimum Gasteiger partial charge on any atom is -0.322 e. The fourth-order valence-corrected chi connectivity index (χ4v) is 2.83. The average molecular weight is 384 g/mol. The van der Waals surface area contributed by atoms with Gasteiger partial charge in [0.25, 0.3) is 11.5 Å². The van der Waals surface area contributed by atoms with Gasteiger partial charge in [-0.25, -0.2) is 4.79 Å². The maximum absolute atomic E-state index is 12.7. The summed E-state index contributed by atoms with van der Waals surface area (Å²) in [5, 5.41) is 3.13. The number of nitrogens with one attached hydrogen (secondary N) is 2. The number of amides is 1. The normalized spacial score (nSPS) is 10.6. The standard InChI is InChI=1S/C20H18ClN3O3/c1-12-7-8-15(9-13(12)2)23-18(25)16-10-22-20(27)24(19(16)26)11-14-5-3-4-6-17(14)21/h3-10H,11H2,1-2H3,(H,22,27)(H,23,25). The predicted molar refractivity (Wildman–Crippen MR) is 106 cm³/mol. The van der Waals surface area contributed by atoms with E-state index in [0.29, 0.717) is 16.3 Å². The summed E-state index contributed by atoms with van der Waals surface area (Å²) in [5.41, 5.74) is 1.86. The molecule has 1 aromatic heterocycles. The first-order chi connectivity index (χ1) is 12.9. The number of hydrogen-bond donors (Lipinski definition) is 2. The molecule has 138 valence electrons. The van der Waals surface area contributed by atoms with Crippen LogP contribution in [0.25, 0.3) is 0 Å². The van der Waals surface area contributed by atoms with Crippen molar-refractivity contribution < 1.29 is 4.79 Å². The highest BCUT2D eigenvalue weighted by Crippen LogP contribution is 2.16. The number of aromatic nitrogens is 2. The molecular formula is C20H18ClN3O3. The summed E-state index contributed by atoms with van der Waals surface area (Å²) in [7, 11) is 0. The summed E-state index contributed by atoms with van der Waals surface area (Å²) in [6.45, 7) is 3.87. The van der Waals surface area contributed by atoms with Crippen LogP contribution in [0.15, 0.2) is 58.3 Å². The number of carbonyl (C=O) groups excluding carboxylic acids is 1. The Morgan fingerprint density at radius 2 is 1.85 bits per heavy atom. The Balaban J connectivity index is 1.93. The summed E-state index contributed by atoms with van der Waals surface area (Å²) in [6, 6.07) is 12.4.